The third-order valence-corrected chi connectivity index (χ3v) is 3.65. The summed E-state index contributed by atoms with van der Waals surface area (Å²) in [7, 11) is 0. The van der Waals surface area contributed by atoms with E-state index >= 15 is 0 Å². The van der Waals surface area contributed by atoms with Gasteiger partial charge >= 0.3 is 0 Å². The van der Waals surface area contributed by atoms with Crippen molar-refractivity contribution in [3.63, 3.8) is 0 Å². The minimum Gasteiger partial charge on any atom is -0.394 e. The fourth-order valence-electron chi connectivity index (χ4n) is 2.44. The molecule has 2 aromatic heterocycles. The van der Waals surface area contributed by atoms with E-state index in [1.807, 2.05) is 53.5 Å². The van der Waals surface area contributed by atoms with Crippen molar-refractivity contribution in [3.8, 4) is 11.3 Å². The van der Waals surface area contributed by atoms with Gasteiger partial charge in [0.05, 0.1) is 25.0 Å². The molecule has 3 rings (SSSR count). The molecule has 0 saturated carbocycles. The first-order valence-corrected chi connectivity index (χ1v) is 7.79. The van der Waals surface area contributed by atoms with Crippen LogP contribution in [0.25, 0.3) is 11.3 Å². The summed E-state index contributed by atoms with van der Waals surface area (Å²) < 4.78 is 3.70. The molecule has 0 saturated heterocycles. The number of hydrogen-bond acceptors (Lipinski definition) is 4. The first-order valence-electron chi connectivity index (χ1n) is 7.79. The van der Waals surface area contributed by atoms with Gasteiger partial charge in [0.2, 0.25) is 0 Å². The zero-order chi connectivity index (χ0) is 16.1. The molecule has 1 aromatic carbocycles. The summed E-state index contributed by atoms with van der Waals surface area (Å²) in [4.78, 5) is 0. The molecule has 0 fully saturated rings. The first kappa shape index (κ1) is 15.3. The second-order valence-corrected chi connectivity index (χ2v) is 5.29. The van der Waals surface area contributed by atoms with Crippen LogP contribution < -0.4 is 5.32 Å². The van der Waals surface area contributed by atoms with E-state index in [-0.39, 0.29) is 6.61 Å². The maximum Gasteiger partial charge on any atom is 0.125 e. The van der Waals surface area contributed by atoms with Crippen LogP contribution in [0.2, 0.25) is 0 Å². The number of rotatable bonds is 7. The Bertz CT molecular complexity index is 747. The van der Waals surface area contributed by atoms with Gasteiger partial charge in [0, 0.05) is 36.5 Å². The Morgan fingerprint density at radius 1 is 1.22 bits per heavy atom. The van der Waals surface area contributed by atoms with Crippen molar-refractivity contribution in [2.75, 3.05) is 11.9 Å². The summed E-state index contributed by atoms with van der Waals surface area (Å²) in [6, 6.07) is 12.0. The third kappa shape index (κ3) is 3.60. The fourth-order valence-corrected chi connectivity index (χ4v) is 2.44. The predicted octanol–water partition coefficient (Wildman–Crippen LogP) is 2.37. The number of aromatic nitrogens is 4. The maximum atomic E-state index is 9.24. The summed E-state index contributed by atoms with van der Waals surface area (Å²) in [5.74, 6) is 0.891. The summed E-state index contributed by atoms with van der Waals surface area (Å²) in [5.41, 5.74) is 3.07. The van der Waals surface area contributed by atoms with Gasteiger partial charge in [-0.1, -0.05) is 30.3 Å². The Labute approximate surface area is 135 Å². The van der Waals surface area contributed by atoms with Crippen molar-refractivity contribution in [3.05, 3.63) is 54.4 Å². The topological polar surface area (TPSA) is 67.9 Å². The smallest absolute Gasteiger partial charge is 0.125 e. The molecule has 0 aliphatic heterocycles. The van der Waals surface area contributed by atoms with E-state index in [1.54, 1.807) is 4.68 Å². The molecule has 0 aliphatic carbocycles. The van der Waals surface area contributed by atoms with Gasteiger partial charge < -0.3 is 10.4 Å². The molecule has 0 unspecified atom stereocenters. The Hall–Kier alpha value is -2.60. The lowest BCUT2D eigenvalue weighted by Gasteiger charge is -2.07. The van der Waals surface area contributed by atoms with Crippen molar-refractivity contribution in [1.29, 1.82) is 0 Å². The van der Waals surface area contributed by atoms with Gasteiger partial charge in [-0.15, -0.1) is 0 Å². The Morgan fingerprint density at radius 3 is 2.74 bits per heavy atom. The number of aliphatic hydroxyl groups is 1. The largest absolute Gasteiger partial charge is 0.394 e. The molecule has 120 valence electrons. The molecule has 0 spiro atoms. The Kier molecular flexibility index (Phi) is 4.73. The zero-order valence-electron chi connectivity index (χ0n) is 13.2. The molecule has 6 nitrogen and oxygen atoms in total. The van der Waals surface area contributed by atoms with Crippen LogP contribution in [0.1, 0.15) is 12.5 Å². The van der Waals surface area contributed by atoms with Gasteiger partial charge in [-0.2, -0.15) is 10.2 Å². The molecule has 2 N–H and O–H groups in total. The van der Waals surface area contributed by atoms with E-state index in [0.717, 1.165) is 29.2 Å². The van der Waals surface area contributed by atoms with E-state index in [2.05, 4.69) is 22.4 Å². The quantitative estimate of drug-likeness (QED) is 0.703. The minimum atomic E-state index is 0.0539. The third-order valence-electron chi connectivity index (χ3n) is 3.65. The van der Waals surface area contributed by atoms with Crippen molar-refractivity contribution >= 4 is 5.82 Å². The van der Waals surface area contributed by atoms with Crippen LogP contribution in [0.4, 0.5) is 5.82 Å². The molecular formula is C17H21N5O. The van der Waals surface area contributed by atoms with Gasteiger partial charge in [0.25, 0.3) is 0 Å². The second-order valence-electron chi connectivity index (χ2n) is 5.29. The molecule has 0 aliphatic rings. The average Bonchev–Trinajstić information content (AvgIpc) is 3.21. The maximum absolute atomic E-state index is 9.24. The molecule has 3 aromatic rings. The average molecular weight is 311 g/mol. The first-order chi connectivity index (χ1) is 11.3. The number of nitrogens with one attached hydrogen (secondary N) is 1. The molecule has 0 atom stereocenters. The number of benzene rings is 1. The number of aryl methyl sites for hydroxylation is 1. The second kappa shape index (κ2) is 7.11. The zero-order valence-corrected chi connectivity index (χ0v) is 13.2. The van der Waals surface area contributed by atoms with E-state index in [1.165, 1.54) is 0 Å². The highest BCUT2D eigenvalue weighted by atomic mass is 16.3. The van der Waals surface area contributed by atoms with E-state index in [4.69, 9.17) is 0 Å². The lowest BCUT2D eigenvalue weighted by atomic mass is 10.1. The van der Waals surface area contributed by atoms with Crippen molar-refractivity contribution in [2.24, 2.45) is 0 Å². The number of anilines is 1. The monoisotopic (exact) mass is 311 g/mol. The molecule has 0 bridgehead atoms. The highest BCUT2D eigenvalue weighted by molar-refractivity contribution is 5.63. The summed E-state index contributed by atoms with van der Waals surface area (Å²) in [5, 5.41) is 21.5. The van der Waals surface area contributed by atoms with Crippen molar-refractivity contribution < 1.29 is 5.11 Å². The lowest BCUT2D eigenvalue weighted by Crippen LogP contribution is -2.10. The van der Waals surface area contributed by atoms with Gasteiger partial charge in [-0.3, -0.25) is 4.68 Å². The van der Waals surface area contributed by atoms with Crippen LogP contribution >= 0.6 is 0 Å². The Morgan fingerprint density at radius 2 is 2.04 bits per heavy atom. The van der Waals surface area contributed by atoms with Gasteiger partial charge in [0.15, 0.2) is 0 Å². The number of hydrogen-bond donors (Lipinski definition) is 2. The molecule has 2 heterocycles. The lowest BCUT2D eigenvalue weighted by molar-refractivity contribution is 0.270. The fraction of sp³-hybridized carbons (Fsp3) is 0.294. The van der Waals surface area contributed by atoms with E-state index in [0.29, 0.717) is 13.1 Å². The highest BCUT2D eigenvalue weighted by Crippen LogP contribution is 2.22. The van der Waals surface area contributed by atoms with Crippen LogP contribution in [0, 0.1) is 0 Å². The predicted molar refractivity (Wildman–Crippen MR) is 90.0 cm³/mol. The number of nitrogens with zero attached hydrogens (tertiary/aromatic N) is 4. The van der Waals surface area contributed by atoms with Crippen LogP contribution in [-0.4, -0.2) is 31.3 Å². The summed E-state index contributed by atoms with van der Waals surface area (Å²) >= 11 is 0. The molecule has 0 radical (unpaired) electrons. The van der Waals surface area contributed by atoms with Gasteiger partial charge in [-0.25, -0.2) is 4.68 Å². The van der Waals surface area contributed by atoms with Crippen molar-refractivity contribution in [2.45, 2.75) is 26.6 Å². The molecule has 6 heteroatoms. The van der Waals surface area contributed by atoms with Crippen LogP contribution in [-0.2, 0) is 19.6 Å². The van der Waals surface area contributed by atoms with Gasteiger partial charge in [0.1, 0.15) is 5.82 Å². The standard InChI is InChI=1S/C17H21N5O/c1-2-21-13-14(12-19-21)11-18-17-10-16(20-22(17)8-9-23)15-6-4-3-5-7-15/h3-7,10,12-13,18,23H,2,8-9,11H2,1H3. The highest BCUT2D eigenvalue weighted by Gasteiger charge is 2.09. The van der Waals surface area contributed by atoms with E-state index < -0.39 is 0 Å². The van der Waals surface area contributed by atoms with Gasteiger partial charge in [-0.05, 0) is 6.92 Å². The summed E-state index contributed by atoms with van der Waals surface area (Å²) in [6.07, 6.45) is 3.89. The summed E-state index contributed by atoms with van der Waals surface area (Å²) in [6.45, 7) is 4.11. The molecule has 23 heavy (non-hydrogen) atoms. The molecule has 0 amide bonds. The van der Waals surface area contributed by atoms with E-state index in [9.17, 15) is 5.11 Å². The van der Waals surface area contributed by atoms with Crippen LogP contribution in [0.3, 0.4) is 0 Å². The number of aliphatic hydroxyl groups excluding tert-OH is 1. The van der Waals surface area contributed by atoms with Crippen LogP contribution in [0.15, 0.2) is 48.8 Å². The van der Waals surface area contributed by atoms with Crippen LogP contribution in [0.5, 0.6) is 0 Å². The Balaban J connectivity index is 1.78. The van der Waals surface area contributed by atoms with Crippen molar-refractivity contribution in [1.82, 2.24) is 19.6 Å². The SMILES string of the molecule is CCn1cc(CNc2cc(-c3ccccc3)nn2CCO)cn1. The normalized spacial score (nSPS) is 10.9. The minimum absolute atomic E-state index is 0.0539. The molecular weight excluding hydrogens is 290 g/mol.